The molecule has 2 aliphatic heterocycles. The molecule has 0 N–H and O–H groups in total. The van der Waals surface area contributed by atoms with E-state index in [2.05, 4.69) is 47.3 Å². The number of hydrogen-bond acceptors (Lipinski definition) is 14. The summed E-state index contributed by atoms with van der Waals surface area (Å²) in [6, 6.07) is 9.58. The summed E-state index contributed by atoms with van der Waals surface area (Å²) in [4.78, 5) is 40.3. The van der Waals surface area contributed by atoms with Crippen LogP contribution >= 0.6 is 0 Å². The largest absolute Gasteiger partial charge is 0.497 e. The lowest BCUT2D eigenvalue weighted by Gasteiger charge is -2.44. The molecular formula is C56H96N8O10S2. The molecule has 18 nitrogen and oxygen atoms in total. The van der Waals surface area contributed by atoms with Crippen molar-refractivity contribution in [2.24, 2.45) is 0 Å². The van der Waals surface area contributed by atoms with Crippen LogP contribution in [0.1, 0.15) is 101 Å². The van der Waals surface area contributed by atoms with Gasteiger partial charge < -0.3 is 28.7 Å². The van der Waals surface area contributed by atoms with E-state index in [0.29, 0.717) is 57.9 Å². The second-order valence-electron chi connectivity index (χ2n) is 22.2. The first kappa shape index (κ1) is 63.4. The smallest absolute Gasteiger partial charge is 0.248 e. The highest BCUT2D eigenvalue weighted by Gasteiger charge is 2.35. The van der Waals surface area contributed by atoms with Gasteiger partial charge in [-0.05, 0) is 153 Å². The lowest BCUT2D eigenvalue weighted by atomic mass is 9.88. The quantitative estimate of drug-likeness (QED) is 0.136. The monoisotopic (exact) mass is 1100 g/mol. The standard InChI is InChI=1S/2C28H48N4O5S/c2*1-21(2)31-11-13-32(14-12-31)25-10-8-9-24(19-25)30(6)27(33)20-37-16-15-29(5)38(34,35)28-22(3)17-26(36-7)18-23(28)4/h2*17-18,21,24-25H,8-16,19-20H2,1-7H3/t24-,25+;/m1./s1. The number of aryl methyl sites for hydroxylation is 4. The minimum absolute atomic E-state index is 0.0425. The maximum Gasteiger partial charge on any atom is 0.248 e. The van der Waals surface area contributed by atoms with Gasteiger partial charge in [0.15, 0.2) is 0 Å². The molecule has 2 aromatic rings. The molecule has 2 aliphatic carbocycles. The van der Waals surface area contributed by atoms with E-state index in [1.807, 2.05) is 23.9 Å². The Hall–Kier alpha value is -3.44. The molecule has 4 atom stereocenters. The molecule has 2 saturated heterocycles. The molecule has 4 fully saturated rings. The molecular weight excluding hydrogens is 1010 g/mol. The Balaban J connectivity index is 0.000000281. The van der Waals surface area contributed by atoms with Crippen molar-refractivity contribution >= 4 is 31.9 Å². The average Bonchev–Trinajstić information content (AvgIpc) is 3.39. The number of likely N-dealkylation sites (N-methyl/N-ethyl adjacent to an activating group) is 4. The van der Waals surface area contributed by atoms with Crippen molar-refractivity contribution in [1.29, 1.82) is 0 Å². The van der Waals surface area contributed by atoms with Crippen molar-refractivity contribution in [3.8, 4) is 11.5 Å². The molecule has 2 amide bonds. The lowest BCUT2D eigenvalue weighted by molar-refractivity contribution is -0.138. The van der Waals surface area contributed by atoms with Crippen LogP contribution in [0, 0.1) is 27.7 Å². The summed E-state index contributed by atoms with van der Waals surface area (Å²) >= 11 is 0. The fourth-order valence-electron chi connectivity index (χ4n) is 11.6. The molecule has 76 heavy (non-hydrogen) atoms. The molecule has 2 saturated carbocycles. The summed E-state index contributed by atoms with van der Waals surface area (Å²) < 4.78 is 77.1. The van der Waals surface area contributed by atoms with E-state index in [1.165, 1.54) is 21.5 Å². The topological polar surface area (TPSA) is 165 Å². The molecule has 0 radical (unpaired) electrons. The van der Waals surface area contributed by atoms with E-state index in [0.717, 1.165) is 90.9 Å². The number of rotatable bonds is 22. The van der Waals surface area contributed by atoms with Crippen LogP contribution in [0.2, 0.25) is 0 Å². The number of hydrogen-bond donors (Lipinski definition) is 0. The number of methoxy groups -OCH3 is 2. The summed E-state index contributed by atoms with van der Waals surface area (Å²) in [6.07, 6.45) is 8.71. The molecule has 2 unspecified atom stereocenters. The molecule has 2 heterocycles. The first-order chi connectivity index (χ1) is 35.9. The van der Waals surface area contributed by atoms with Crippen LogP contribution in [-0.4, -0.2) is 237 Å². The number of ether oxygens (including phenoxy) is 4. The van der Waals surface area contributed by atoms with E-state index in [9.17, 15) is 26.4 Å². The predicted octanol–water partition coefficient (Wildman–Crippen LogP) is 5.49. The Morgan fingerprint density at radius 1 is 0.539 bits per heavy atom. The lowest BCUT2D eigenvalue weighted by Crippen LogP contribution is -2.54. The van der Waals surface area contributed by atoms with Crippen LogP contribution < -0.4 is 9.47 Å². The maximum atomic E-state index is 13.2. The predicted molar refractivity (Wildman–Crippen MR) is 300 cm³/mol. The van der Waals surface area contributed by atoms with E-state index in [4.69, 9.17) is 18.9 Å². The van der Waals surface area contributed by atoms with Crippen molar-refractivity contribution in [2.75, 3.05) is 134 Å². The number of benzene rings is 2. The van der Waals surface area contributed by atoms with Crippen LogP contribution in [0.3, 0.4) is 0 Å². The average molecular weight is 1110 g/mol. The van der Waals surface area contributed by atoms with Gasteiger partial charge in [-0.2, -0.15) is 8.61 Å². The Bertz CT molecular complexity index is 2200. The van der Waals surface area contributed by atoms with Gasteiger partial charge >= 0.3 is 0 Å². The summed E-state index contributed by atoms with van der Waals surface area (Å²) in [5.74, 6) is 1.16. The number of amides is 2. The molecule has 20 heteroatoms. The van der Waals surface area contributed by atoms with Crippen LogP contribution in [-0.2, 0) is 39.1 Å². The molecule has 0 spiro atoms. The second kappa shape index (κ2) is 29.1. The van der Waals surface area contributed by atoms with Crippen LogP contribution in [0.4, 0.5) is 0 Å². The van der Waals surface area contributed by atoms with Gasteiger partial charge in [0.2, 0.25) is 31.9 Å². The van der Waals surface area contributed by atoms with Gasteiger partial charge in [-0.3, -0.25) is 29.2 Å². The highest BCUT2D eigenvalue weighted by molar-refractivity contribution is 7.89. The summed E-state index contributed by atoms with van der Waals surface area (Å²) in [6.45, 7) is 25.5. The number of nitrogens with zero attached hydrogens (tertiary/aromatic N) is 8. The van der Waals surface area contributed by atoms with Gasteiger partial charge in [-0.15, -0.1) is 0 Å². The highest BCUT2D eigenvalue weighted by Crippen LogP contribution is 2.31. The molecule has 0 aromatic heterocycles. The third-order valence-electron chi connectivity index (χ3n) is 16.5. The molecule has 432 valence electrons. The second-order valence-corrected chi connectivity index (χ2v) is 26.2. The van der Waals surface area contributed by atoms with Gasteiger partial charge in [0.1, 0.15) is 24.7 Å². The number of sulfonamides is 2. The maximum absolute atomic E-state index is 13.2. The van der Waals surface area contributed by atoms with Crippen molar-refractivity contribution in [1.82, 2.24) is 38.0 Å². The summed E-state index contributed by atoms with van der Waals surface area (Å²) in [5, 5.41) is 0. The van der Waals surface area contributed by atoms with Crippen LogP contribution in [0.25, 0.3) is 0 Å². The Morgan fingerprint density at radius 2 is 0.855 bits per heavy atom. The van der Waals surface area contributed by atoms with E-state index in [1.54, 1.807) is 80.3 Å². The van der Waals surface area contributed by atoms with Gasteiger partial charge in [0.25, 0.3) is 0 Å². The molecule has 2 aromatic carbocycles. The third kappa shape index (κ3) is 16.8. The zero-order valence-electron chi connectivity index (χ0n) is 48.8. The fourth-order valence-corrected chi connectivity index (χ4v) is 14.7. The van der Waals surface area contributed by atoms with Crippen molar-refractivity contribution in [2.45, 2.75) is 153 Å². The molecule has 6 rings (SSSR count). The van der Waals surface area contributed by atoms with Gasteiger partial charge in [-0.1, -0.05) is 0 Å². The van der Waals surface area contributed by atoms with E-state index < -0.39 is 20.0 Å². The van der Waals surface area contributed by atoms with E-state index >= 15 is 0 Å². The van der Waals surface area contributed by atoms with E-state index in [-0.39, 0.29) is 73.2 Å². The minimum atomic E-state index is -3.69. The zero-order chi connectivity index (χ0) is 56.1. The Labute approximate surface area is 458 Å². The van der Waals surface area contributed by atoms with Gasteiger partial charge in [0.05, 0.1) is 37.2 Å². The van der Waals surface area contributed by atoms with Gasteiger partial charge in [-0.25, -0.2) is 16.8 Å². The summed E-state index contributed by atoms with van der Waals surface area (Å²) in [5.41, 5.74) is 2.55. The van der Waals surface area contributed by atoms with Crippen LogP contribution in [0.5, 0.6) is 11.5 Å². The number of carbonyl (C=O) groups is 2. The Kier molecular flexibility index (Phi) is 24.3. The molecule has 4 aliphatic rings. The fraction of sp³-hybridized carbons (Fsp3) is 0.750. The molecule has 0 bridgehead atoms. The van der Waals surface area contributed by atoms with Crippen LogP contribution in [0.15, 0.2) is 34.1 Å². The first-order valence-corrected chi connectivity index (χ1v) is 30.6. The van der Waals surface area contributed by atoms with Crippen molar-refractivity contribution in [3.05, 3.63) is 46.5 Å². The summed E-state index contributed by atoms with van der Waals surface area (Å²) in [7, 11) is 2.58. The minimum Gasteiger partial charge on any atom is -0.497 e. The van der Waals surface area contributed by atoms with Crippen molar-refractivity contribution in [3.63, 3.8) is 0 Å². The highest BCUT2D eigenvalue weighted by atomic mass is 32.2. The number of piperazine rings is 2. The normalized spacial score (nSPS) is 21.7. The Morgan fingerprint density at radius 3 is 1.14 bits per heavy atom. The number of carbonyl (C=O) groups excluding carboxylic acids is 2. The first-order valence-electron chi connectivity index (χ1n) is 27.8. The zero-order valence-corrected chi connectivity index (χ0v) is 50.4. The van der Waals surface area contributed by atoms with Gasteiger partial charge in [0, 0.05) is 130 Å². The SMILES string of the molecule is COc1cc(C)c(S(=O)(=O)N(C)CCOCC(=O)N(C)C2CCCC(N3CCN(C(C)C)CC3)C2)c(C)c1.COc1cc(C)c(S(=O)(=O)N(C)CCOCC(=O)N(C)[C@@H]2CCC[C@H](N3CCN(C(C)C)CC3)C2)c(C)c1. The van der Waals surface area contributed by atoms with Crippen molar-refractivity contribution < 1.29 is 45.4 Å². The third-order valence-corrected chi connectivity index (χ3v) is 20.9.